The fourth-order valence-corrected chi connectivity index (χ4v) is 2.09. The first-order valence-electron chi connectivity index (χ1n) is 5.88. The molecule has 0 amide bonds. The predicted octanol–water partition coefficient (Wildman–Crippen LogP) is 1.60. The van der Waals surface area contributed by atoms with Crippen molar-refractivity contribution in [3.8, 4) is 11.5 Å². The number of hydrogen-bond donors (Lipinski definition) is 1. The van der Waals surface area contributed by atoms with E-state index in [1.54, 1.807) is 12.4 Å². The molecule has 2 aromatic heterocycles. The van der Waals surface area contributed by atoms with Crippen molar-refractivity contribution in [1.82, 2.24) is 20.4 Å². The van der Waals surface area contributed by atoms with Crippen LogP contribution in [0.15, 0.2) is 29.0 Å². The van der Waals surface area contributed by atoms with Gasteiger partial charge in [-0.1, -0.05) is 5.16 Å². The van der Waals surface area contributed by atoms with Gasteiger partial charge < -0.3 is 9.84 Å². The van der Waals surface area contributed by atoms with Gasteiger partial charge >= 0.3 is 0 Å². The Morgan fingerprint density at radius 2 is 2.18 bits per heavy atom. The number of pyridine rings is 1. The first-order chi connectivity index (χ1) is 8.43. The van der Waals surface area contributed by atoms with Crippen LogP contribution in [0.4, 0.5) is 0 Å². The first-order valence-corrected chi connectivity index (χ1v) is 5.88. The molecule has 3 rings (SSSR count). The van der Waals surface area contributed by atoms with Crippen LogP contribution in [0.1, 0.15) is 24.6 Å². The fourth-order valence-electron chi connectivity index (χ4n) is 2.09. The Morgan fingerprint density at radius 1 is 1.29 bits per heavy atom. The zero-order chi connectivity index (χ0) is 11.5. The van der Waals surface area contributed by atoms with Gasteiger partial charge in [0.2, 0.25) is 0 Å². The smallest absolute Gasteiger partial charge is 0.259 e. The van der Waals surface area contributed by atoms with Crippen LogP contribution < -0.4 is 5.32 Å². The third-order valence-corrected chi connectivity index (χ3v) is 3.05. The fraction of sp³-hybridized carbons (Fsp3) is 0.417. The summed E-state index contributed by atoms with van der Waals surface area (Å²) in [6, 6.07) is 3.79. The molecule has 5 heteroatoms. The zero-order valence-electron chi connectivity index (χ0n) is 9.47. The summed E-state index contributed by atoms with van der Waals surface area (Å²) < 4.78 is 5.28. The molecule has 17 heavy (non-hydrogen) atoms. The summed E-state index contributed by atoms with van der Waals surface area (Å²) in [6.45, 7) is 2.06. The number of nitrogens with one attached hydrogen (secondary N) is 1. The second kappa shape index (κ2) is 4.63. The topological polar surface area (TPSA) is 63.8 Å². The summed E-state index contributed by atoms with van der Waals surface area (Å²) in [5.74, 6) is 1.81. The van der Waals surface area contributed by atoms with E-state index >= 15 is 0 Å². The van der Waals surface area contributed by atoms with Gasteiger partial charge in [0, 0.05) is 18.3 Å². The van der Waals surface area contributed by atoms with E-state index < -0.39 is 0 Å². The van der Waals surface area contributed by atoms with Crippen LogP contribution in [0.2, 0.25) is 0 Å². The molecule has 1 aliphatic rings. The number of nitrogens with zero attached hydrogens (tertiary/aromatic N) is 3. The minimum Gasteiger partial charge on any atom is -0.334 e. The van der Waals surface area contributed by atoms with Crippen molar-refractivity contribution in [2.75, 3.05) is 13.1 Å². The summed E-state index contributed by atoms with van der Waals surface area (Å²) in [6.07, 6.45) is 5.62. The van der Waals surface area contributed by atoms with Crippen molar-refractivity contribution >= 4 is 0 Å². The molecule has 88 valence electrons. The monoisotopic (exact) mass is 230 g/mol. The SMILES string of the molecule is c1cncc(-c2nc(C3CCNCC3)no2)c1. The molecule has 0 saturated carbocycles. The minimum absolute atomic E-state index is 0.422. The van der Waals surface area contributed by atoms with Gasteiger partial charge in [0.25, 0.3) is 5.89 Å². The highest BCUT2D eigenvalue weighted by molar-refractivity contribution is 5.50. The Bertz CT molecular complexity index is 476. The molecular weight excluding hydrogens is 216 g/mol. The van der Waals surface area contributed by atoms with E-state index in [1.807, 2.05) is 12.1 Å². The second-order valence-corrected chi connectivity index (χ2v) is 4.22. The Kier molecular flexibility index (Phi) is 2.83. The van der Waals surface area contributed by atoms with Gasteiger partial charge in [-0.15, -0.1) is 0 Å². The van der Waals surface area contributed by atoms with Crippen LogP contribution in [0.3, 0.4) is 0 Å². The molecule has 0 spiro atoms. The van der Waals surface area contributed by atoms with Gasteiger partial charge in [0.05, 0.1) is 5.56 Å². The molecule has 5 nitrogen and oxygen atoms in total. The molecule has 0 atom stereocenters. The minimum atomic E-state index is 0.422. The van der Waals surface area contributed by atoms with Crippen molar-refractivity contribution in [1.29, 1.82) is 0 Å². The molecule has 0 bridgehead atoms. The summed E-state index contributed by atoms with van der Waals surface area (Å²) in [7, 11) is 0. The molecule has 1 fully saturated rings. The highest BCUT2D eigenvalue weighted by Crippen LogP contribution is 2.25. The Morgan fingerprint density at radius 3 is 2.94 bits per heavy atom. The molecule has 1 N–H and O–H groups in total. The van der Waals surface area contributed by atoms with Crippen LogP contribution in [-0.4, -0.2) is 28.2 Å². The lowest BCUT2D eigenvalue weighted by Crippen LogP contribution is -2.27. The standard InChI is InChI=1S/C12H14N4O/c1-2-10(8-14-5-1)12-15-11(16-17-12)9-3-6-13-7-4-9/h1-2,5,8-9,13H,3-4,6-7H2. The van der Waals surface area contributed by atoms with Gasteiger partial charge in [0.1, 0.15) is 0 Å². The zero-order valence-corrected chi connectivity index (χ0v) is 9.47. The quantitative estimate of drug-likeness (QED) is 0.849. The number of piperidine rings is 1. The highest BCUT2D eigenvalue weighted by atomic mass is 16.5. The molecule has 0 aromatic carbocycles. The van der Waals surface area contributed by atoms with Crippen LogP contribution in [0, 0.1) is 0 Å². The Balaban J connectivity index is 1.83. The molecular formula is C12H14N4O. The molecule has 2 aromatic rings. The molecule has 1 saturated heterocycles. The number of rotatable bonds is 2. The van der Waals surface area contributed by atoms with Crippen LogP contribution in [0.5, 0.6) is 0 Å². The van der Waals surface area contributed by atoms with Crippen LogP contribution in [0.25, 0.3) is 11.5 Å². The van der Waals surface area contributed by atoms with E-state index in [-0.39, 0.29) is 0 Å². The first kappa shape index (κ1) is 10.4. The van der Waals surface area contributed by atoms with Crippen LogP contribution in [-0.2, 0) is 0 Å². The Hall–Kier alpha value is -1.75. The average molecular weight is 230 g/mol. The third-order valence-electron chi connectivity index (χ3n) is 3.05. The van der Waals surface area contributed by atoms with E-state index in [4.69, 9.17) is 4.52 Å². The lowest BCUT2D eigenvalue weighted by Gasteiger charge is -2.18. The molecule has 0 radical (unpaired) electrons. The third kappa shape index (κ3) is 2.19. The molecule has 0 aliphatic carbocycles. The van der Waals surface area contributed by atoms with Crippen molar-refractivity contribution < 1.29 is 4.52 Å². The van der Waals surface area contributed by atoms with Crippen molar-refractivity contribution in [2.24, 2.45) is 0 Å². The van der Waals surface area contributed by atoms with E-state index in [9.17, 15) is 0 Å². The average Bonchev–Trinajstić information content (AvgIpc) is 2.90. The maximum absolute atomic E-state index is 5.28. The maximum atomic E-state index is 5.28. The normalized spacial score (nSPS) is 17.2. The second-order valence-electron chi connectivity index (χ2n) is 4.22. The van der Waals surface area contributed by atoms with Gasteiger partial charge in [-0.25, -0.2) is 0 Å². The molecule has 0 unspecified atom stereocenters. The van der Waals surface area contributed by atoms with E-state index in [0.29, 0.717) is 11.8 Å². The van der Waals surface area contributed by atoms with Gasteiger partial charge in [-0.3, -0.25) is 4.98 Å². The van der Waals surface area contributed by atoms with Crippen LogP contribution >= 0.6 is 0 Å². The maximum Gasteiger partial charge on any atom is 0.259 e. The predicted molar refractivity (Wildman–Crippen MR) is 62.4 cm³/mol. The van der Waals surface area contributed by atoms with Crippen molar-refractivity contribution in [3.05, 3.63) is 30.4 Å². The number of aromatic nitrogens is 3. The van der Waals surface area contributed by atoms with Crippen molar-refractivity contribution in [3.63, 3.8) is 0 Å². The summed E-state index contributed by atoms with van der Waals surface area (Å²) in [5.41, 5.74) is 0.875. The van der Waals surface area contributed by atoms with Gasteiger partial charge in [-0.2, -0.15) is 4.98 Å². The lowest BCUT2D eigenvalue weighted by atomic mass is 9.98. The number of hydrogen-bond acceptors (Lipinski definition) is 5. The summed E-state index contributed by atoms with van der Waals surface area (Å²) >= 11 is 0. The molecule has 3 heterocycles. The lowest BCUT2D eigenvalue weighted by molar-refractivity contribution is 0.392. The molecule has 1 aliphatic heterocycles. The van der Waals surface area contributed by atoms with E-state index in [2.05, 4.69) is 20.4 Å². The van der Waals surface area contributed by atoms with Gasteiger partial charge in [0.15, 0.2) is 5.82 Å². The largest absolute Gasteiger partial charge is 0.334 e. The summed E-state index contributed by atoms with van der Waals surface area (Å²) in [5, 5.41) is 7.40. The highest BCUT2D eigenvalue weighted by Gasteiger charge is 2.21. The summed E-state index contributed by atoms with van der Waals surface area (Å²) in [4.78, 5) is 8.50. The van der Waals surface area contributed by atoms with Crippen molar-refractivity contribution in [2.45, 2.75) is 18.8 Å². The van der Waals surface area contributed by atoms with Gasteiger partial charge in [-0.05, 0) is 38.1 Å². The Labute approximate surface area is 99.3 Å². The van der Waals surface area contributed by atoms with E-state index in [0.717, 1.165) is 37.3 Å². The van der Waals surface area contributed by atoms with E-state index in [1.165, 1.54) is 0 Å².